The van der Waals surface area contributed by atoms with Gasteiger partial charge in [0.25, 0.3) is 5.91 Å². The number of nitrogens with one attached hydrogen (secondary N) is 2. The molecule has 0 saturated heterocycles. The number of amides is 2. The third-order valence-corrected chi connectivity index (χ3v) is 3.89. The highest BCUT2D eigenvalue weighted by atomic mass is 19.1. The predicted octanol–water partition coefficient (Wildman–Crippen LogP) is 2.94. The van der Waals surface area contributed by atoms with E-state index in [0.717, 1.165) is 12.0 Å². The van der Waals surface area contributed by atoms with Gasteiger partial charge < -0.3 is 4.74 Å². The van der Waals surface area contributed by atoms with Gasteiger partial charge in [-0.25, -0.2) is 4.39 Å². The molecular formula is C20H23FN2O3. The summed E-state index contributed by atoms with van der Waals surface area (Å²) in [4.78, 5) is 23.8. The Hall–Kier alpha value is -2.89. The Bertz CT molecular complexity index is 730. The van der Waals surface area contributed by atoms with Crippen LogP contribution in [0.5, 0.6) is 5.75 Å². The van der Waals surface area contributed by atoms with Crippen molar-refractivity contribution >= 4 is 11.8 Å². The van der Waals surface area contributed by atoms with E-state index in [0.29, 0.717) is 12.2 Å². The molecule has 0 aromatic heterocycles. The van der Waals surface area contributed by atoms with E-state index >= 15 is 0 Å². The minimum atomic E-state index is -0.831. The van der Waals surface area contributed by atoms with Crippen molar-refractivity contribution in [1.82, 2.24) is 10.9 Å². The molecule has 0 heterocycles. The Balaban J connectivity index is 1.71. The van der Waals surface area contributed by atoms with Crippen molar-refractivity contribution < 1.29 is 18.7 Å². The molecule has 0 aliphatic carbocycles. The summed E-state index contributed by atoms with van der Waals surface area (Å²) < 4.78 is 18.2. The number of rotatable bonds is 7. The molecular weight excluding hydrogens is 335 g/mol. The molecule has 0 bridgehead atoms. The van der Waals surface area contributed by atoms with E-state index in [4.69, 9.17) is 4.74 Å². The van der Waals surface area contributed by atoms with Gasteiger partial charge in [-0.1, -0.05) is 31.2 Å². The van der Waals surface area contributed by atoms with Gasteiger partial charge in [-0.2, -0.15) is 0 Å². The second-order valence-electron chi connectivity index (χ2n) is 5.92. The standard InChI is InChI=1S/C20H23FN2O3/c1-3-15-4-6-16(7-5-15)8-13-19(24)22-23-20(25)14(2)26-18-11-9-17(21)10-12-18/h4-7,9-12,14H,3,8,13H2,1-2H3,(H,22,24)(H,23,25)/t14-/m1/s1. The lowest BCUT2D eigenvalue weighted by Gasteiger charge is -2.15. The molecule has 0 spiro atoms. The number of benzene rings is 2. The molecule has 5 nitrogen and oxygen atoms in total. The molecule has 2 rings (SSSR count). The molecule has 0 unspecified atom stereocenters. The number of carbonyl (C=O) groups excluding carboxylic acids is 2. The Kier molecular flexibility index (Phi) is 7.14. The van der Waals surface area contributed by atoms with Gasteiger partial charge in [0, 0.05) is 6.42 Å². The molecule has 0 saturated carbocycles. The van der Waals surface area contributed by atoms with Crippen LogP contribution in [0.15, 0.2) is 48.5 Å². The smallest absolute Gasteiger partial charge is 0.279 e. The monoisotopic (exact) mass is 358 g/mol. The fourth-order valence-corrected chi connectivity index (χ4v) is 2.27. The highest BCUT2D eigenvalue weighted by Crippen LogP contribution is 2.13. The lowest BCUT2D eigenvalue weighted by atomic mass is 10.1. The summed E-state index contributed by atoms with van der Waals surface area (Å²) in [6.45, 7) is 3.63. The maximum Gasteiger partial charge on any atom is 0.279 e. The van der Waals surface area contributed by atoms with Crippen LogP contribution in [0.2, 0.25) is 0 Å². The summed E-state index contributed by atoms with van der Waals surface area (Å²) in [6.07, 6.45) is 0.999. The van der Waals surface area contributed by atoms with E-state index in [2.05, 4.69) is 17.8 Å². The predicted molar refractivity (Wildman–Crippen MR) is 96.9 cm³/mol. The van der Waals surface area contributed by atoms with Crippen LogP contribution in [0.3, 0.4) is 0 Å². The van der Waals surface area contributed by atoms with Crippen molar-refractivity contribution in [3.8, 4) is 5.75 Å². The van der Waals surface area contributed by atoms with Gasteiger partial charge in [0.2, 0.25) is 5.91 Å². The van der Waals surface area contributed by atoms with Crippen LogP contribution in [-0.2, 0) is 22.4 Å². The number of carbonyl (C=O) groups is 2. The highest BCUT2D eigenvalue weighted by Gasteiger charge is 2.15. The van der Waals surface area contributed by atoms with Gasteiger partial charge in [0.1, 0.15) is 11.6 Å². The van der Waals surface area contributed by atoms with E-state index in [9.17, 15) is 14.0 Å². The Morgan fingerprint density at radius 2 is 1.62 bits per heavy atom. The number of hydrogen-bond acceptors (Lipinski definition) is 3. The van der Waals surface area contributed by atoms with Gasteiger partial charge in [0.05, 0.1) is 0 Å². The summed E-state index contributed by atoms with van der Waals surface area (Å²) in [7, 11) is 0. The van der Waals surface area contributed by atoms with Gasteiger partial charge >= 0.3 is 0 Å². The molecule has 2 aromatic rings. The average molecular weight is 358 g/mol. The van der Waals surface area contributed by atoms with Crippen molar-refractivity contribution in [3.63, 3.8) is 0 Å². The number of ether oxygens (including phenoxy) is 1. The minimum absolute atomic E-state index is 0.263. The second-order valence-corrected chi connectivity index (χ2v) is 5.92. The number of halogens is 1. The van der Waals surface area contributed by atoms with E-state index < -0.39 is 12.0 Å². The van der Waals surface area contributed by atoms with E-state index in [1.54, 1.807) is 6.92 Å². The summed E-state index contributed by atoms with van der Waals surface area (Å²) in [6, 6.07) is 13.5. The number of aryl methyl sites for hydroxylation is 2. The summed E-state index contributed by atoms with van der Waals surface area (Å²) in [5.41, 5.74) is 7.02. The van der Waals surface area contributed by atoms with Crippen LogP contribution < -0.4 is 15.6 Å². The molecule has 1 atom stereocenters. The molecule has 2 amide bonds. The van der Waals surface area contributed by atoms with Crippen molar-refractivity contribution in [1.29, 1.82) is 0 Å². The first-order valence-electron chi connectivity index (χ1n) is 8.56. The highest BCUT2D eigenvalue weighted by molar-refractivity contribution is 5.84. The normalized spacial score (nSPS) is 11.5. The fourth-order valence-electron chi connectivity index (χ4n) is 2.27. The second kappa shape index (κ2) is 9.56. The van der Waals surface area contributed by atoms with Gasteiger partial charge in [-0.15, -0.1) is 0 Å². The van der Waals surface area contributed by atoms with Crippen LogP contribution in [-0.4, -0.2) is 17.9 Å². The van der Waals surface area contributed by atoms with Gasteiger partial charge in [0.15, 0.2) is 6.10 Å². The van der Waals surface area contributed by atoms with Crippen molar-refractivity contribution in [2.75, 3.05) is 0 Å². The molecule has 138 valence electrons. The molecule has 0 fully saturated rings. The zero-order chi connectivity index (χ0) is 18.9. The van der Waals surface area contributed by atoms with Crippen LogP contribution in [0, 0.1) is 5.82 Å². The molecule has 0 aliphatic heterocycles. The van der Waals surface area contributed by atoms with E-state index in [1.165, 1.54) is 29.8 Å². The lowest BCUT2D eigenvalue weighted by molar-refractivity contribution is -0.132. The fraction of sp³-hybridized carbons (Fsp3) is 0.300. The molecule has 0 radical (unpaired) electrons. The SMILES string of the molecule is CCc1ccc(CCC(=O)NNC(=O)[C@@H](C)Oc2ccc(F)cc2)cc1. The average Bonchev–Trinajstić information content (AvgIpc) is 2.66. The van der Waals surface area contributed by atoms with Crippen molar-refractivity contribution in [2.24, 2.45) is 0 Å². The zero-order valence-corrected chi connectivity index (χ0v) is 14.9. The summed E-state index contributed by atoms with van der Waals surface area (Å²) >= 11 is 0. The Labute approximate surface area is 152 Å². The van der Waals surface area contributed by atoms with Gasteiger partial charge in [-0.05, 0) is 55.2 Å². The third kappa shape index (κ3) is 6.20. The first kappa shape index (κ1) is 19.4. The quantitative estimate of drug-likeness (QED) is 0.748. The summed E-state index contributed by atoms with van der Waals surface area (Å²) in [5.74, 6) is -0.788. The van der Waals surface area contributed by atoms with Crippen molar-refractivity contribution in [2.45, 2.75) is 39.2 Å². The minimum Gasteiger partial charge on any atom is -0.481 e. The first-order chi connectivity index (χ1) is 12.5. The first-order valence-corrected chi connectivity index (χ1v) is 8.56. The zero-order valence-electron chi connectivity index (χ0n) is 14.9. The maximum atomic E-state index is 12.8. The van der Waals surface area contributed by atoms with Crippen LogP contribution >= 0.6 is 0 Å². The van der Waals surface area contributed by atoms with Crippen LogP contribution in [0.1, 0.15) is 31.4 Å². The maximum absolute atomic E-state index is 12.8. The molecule has 0 aliphatic rings. The largest absolute Gasteiger partial charge is 0.481 e. The van der Waals surface area contributed by atoms with Crippen LogP contribution in [0.25, 0.3) is 0 Å². The summed E-state index contributed by atoms with van der Waals surface area (Å²) in [5, 5.41) is 0. The van der Waals surface area contributed by atoms with Gasteiger partial charge in [-0.3, -0.25) is 20.4 Å². The molecule has 26 heavy (non-hydrogen) atoms. The topological polar surface area (TPSA) is 67.4 Å². The number of hydrogen-bond donors (Lipinski definition) is 2. The van der Waals surface area contributed by atoms with Crippen LogP contribution in [0.4, 0.5) is 4.39 Å². The van der Waals surface area contributed by atoms with E-state index in [1.807, 2.05) is 24.3 Å². The van der Waals surface area contributed by atoms with E-state index in [-0.39, 0.29) is 18.1 Å². The molecule has 2 N–H and O–H groups in total. The molecule has 6 heteroatoms. The van der Waals surface area contributed by atoms with Crippen molar-refractivity contribution in [3.05, 3.63) is 65.5 Å². The Morgan fingerprint density at radius 1 is 1.00 bits per heavy atom. The molecule has 2 aromatic carbocycles. The number of hydrazine groups is 1. The Morgan fingerprint density at radius 3 is 2.23 bits per heavy atom. The third-order valence-electron chi connectivity index (χ3n) is 3.89. The lowest BCUT2D eigenvalue weighted by Crippen LogP contribution is -2.47.